The molecule has 0 unspecified atom stereocenters. The first-order valence-electron chi connectivity index (χ1n) is 14.7. The number of carbonyl (C=O) groups excluding carboxylic acids is 1. The van der Waals surface area contributed by atoms with Gasteiger partial charge >= 0.3 is 0 Å². The number of carbonyl (C=O) groups is 1. The number of halogens is 4. The number of rotatable bonds is 9. The zero-order chi connectivity index (χ0) is 31.1. The van der Waals surface area contributed by atoms with E-state index in [9.17, 15) is 22.4 Å². The molecule has 0 saturated carbocycles. The Bertz CT molecular complexity index is 1840. The number of hydrogen-bond donors (Lipinski definition) is 1. The lowest BCUT2D eigenvalue weighted by Crippen LogP contribution is -2.37. The molecule has 12 heteroatoms. The number of likely N-dealkylation sites (tertiary alicyclic amines) is 1. The third-order valence-electron chi connectivity index (χ3n) is 8.21. The second kappa shape index (κ2) is 12.0. The summed E-state index contributed by atoms with van der Waals surface area (Å²) in [6.07, 6.45) is 2.84. The fourth-order valence-electron chi connectivity index (χ4n) is 6.19. The molecule has 0 spiro atoms. The van der Waals surface area contributed by atoms with Gasteiger partial charge in [-0.05, 0) is 60.6 Å². The molecule has 4 heterocycles. The van der Waals surface area contributed by atoms with Gasteiger partial charge in [0.05, 0.1) is 48.3 Å². The van der Waals surface area contributed by atoms with Gasteiger partial charge in [0.15, 0.2) is 17.3 Å². The van der Waals surface area contributed by atoms with E-state index in [0.717, 1.165) is 28.6 Å². The van der Waals surface area contributed by atoms with E-state index in [0.29, 0.717) is 65.8 Å². The van der Waals surface area contributed by atoms with Crippen LogP contribution in [0.1, 0.15) is 54.3 Å². The summed E-state index contributed by atoms with van der Waals surface area (Å²) in [5.74, 6) is -2.22. The van der Waals surface area contributed by atoms with Gasteiger partial charge in [-0.1, -0.05) is 26.0 Å². The van der Waals surface area contributed by atoms with Gasteiger partial charge in [-0.25, -0.2) is 27.2 Å². The summed E-state index contributed by atoms with van der Waals surface area (Å²) in [6, 6.07) is 9.42. The zero-order valence-corrected chi connectivity index (χ0v) is 24.5. The largest absolute Gasteiger partial charge is 0.366 e. The first kappa shape index (κ1) is 29.7. The van der Waals surface area contributed by atoms with Gasteiger partial charge in [0.1, 0.15) is 0 Å². The highest BCUT2D eigenvalue weighted by molar-refractivity contribution is 6.09. The number of alkyl halides is 2. The Morgan fingerprint density at radius 2 is 1.80 bits per heavy atom. The number of nitrogens with zero attached hydrogens (tertiary/aromatic N) is 6. The van der Waals surface area contributed by atoms with Crippen LogP contribution in [0.4, 0.5) is 17.6 Å². The predicted octanol–water partition coefficient (Wildman–Crippen LogP) is 5.97. The van der Waals surface area contributed by atoms with Crippen LogP contribution >= 0.6 is 0 Å². The molecule has 44 heavy (non-hydrogen) atoms. The molecule has 230 valence electrons. The molecule has 1 saturated heterocycles. The van der Waals surface area contributed by atoms with Gasteiger partial charge in [0.25, 0.3) is 12.3 Å². The van der Waals surface area contributed by atoms with E-state index in [-0.39, 0.29) is 25.0 Å². The van der Waals surface area contributed by atoms with Crippen LogP contribution in [0, 0.1) is 17.6 Å². The van der Waals surface area contributed by atoms with E-state index in [1.807, 2.05) is 36.7 Å². The molecule has 1 aliphatic heterocycles. The Morgan fingerprint density at radius 1 is 1.02 bits per heavy atom. The number of primary amides is 1. The number of amides is 1. The van der Waals surface area contributed by atoms with Crippen molar-refractivity contribution in [2.45, 2.75) is 52.1 Å². The quantitative estimate of drug-likeness (QED) is 0.208. The number of hydrogen-bond acceptors (Lipinski definition) is 5. The molecular formula is C32H33F4N7O. The van der Waals surface area contributed by atoms with E-state index in [1.54, 1.807) is 22.0 Å². The maximum Gasteiger partial charge on any atom is 0.251 e. The van der Waals surface area contributed by atoms with Crippen molar-refractivity contribution in [2.24, 2.45) is 11.7 Å². The normalized spacial score (nSPS) is 14.9. The maximum absolute atomic E-state index is 13.8. The molecular weight excluding hydrogens is 574 g/mol. The fraction of sp³-hybridized carbons (Fsp3) is 0.375. The molecule has 8 nitrogen and oxygen atoms in total. The average molecular weight is 608 g/mol. The maximum atomic E-state index is 13.8. The molecule has 0 atom stereocenters. The minimum atomic E-state index is -2.37. The van der Waals surface area contributed by atoms with Gasteiger partial charge in [0, 0.05) is 29.4 Å². The molecule has 0 radical (unpaired) electrons. The minimum Gasteiger partial charge on any atom is -0.366 e. The standard InChI is InChI=1S/C32H33F4N7O/c1-18(2)11-26-30(31(37)44)29(23-15-39-43(32(23)40-26)22-7-9-41(10-8-22)17-28(35)36)20-4-6-27-21(13-20)14-38-42(27)16-19-3-5-24(33)25(34)12-19/h3-6,12-15,18,22,28H,7-11,16-17H2,1-2H3,(H2,37,44). The van der Waals surface area contributed by atoms with Crippen LogP contribution in [0.2, 0.25) is 0 Å². The minimum absolute atomic E-state index is 0.0230. The molecule has 2 N–H and O–H groups in total. The highest BCUT2D eigenvalue weighted by atomic mass is 19.3. The lowest BCUT2D eigenvalue weighted by atomic mass is 9.92. The number of piperidine rings is 1. The zero-order valence-electron chi connectivity index (χ0n) is 24.5. The summed E-state index contributed by atoms with van der Waals surface area (Å²) < 4.78 is 56.7. The third-order valence-corrected chi connectivity index (χ3v) is 8.21. The van der Waals surface area contributed by atoms with Crippen molar-refractivity contribution in [1.29, 1.82) is 0 Å². The fourth-order valence-corrected chi connectivity index (χ4v) is 6.19. The van der Waals surface area contributed by atoms with E-state index >= 15 is 0 Å². The Hall–Kier alpha value is -4.32. The SMILES string of the molecule is CC(C)Cc1nc2c(cnn2C2CCN(CC(F)F)CC2)c(-c2ccc3c(cnn3Cc3ccc(F)c(F)c3)c2)c1C(N)=O. The topological polar surface area (TPSA) is 94.9 Å². The predicted molar refractivity (Wildman–Crippen MR) is 159 cm³/mol. The van der Waals surface area contributed by atoms with Crippen LogP contribution in [0.3, 0.4) is 0 Å². The molecule has 1 aliphatic rings. The summed E-state index contributed by atoms with van der Waals surface area (Å²) in [4.78, 5) is 19.7. The average Bonchev–Trinajstić information content (AvgIpc) is 3.57. The summed E-state index contributed by atoms with van der Waals surface area (Å²) >= 11 is 0. The van der Waals surface area contributed by atoms with Gasteiger partial charge in [-0.15, -0.1) is 0 Å². The smallest absolute Gasteiger partial charge is 0.251 e. The van der Waals surface area contributed by atoms with Crippen LogP contribution in [0.5, 0.6) is 0 Å². The summed E-state index contributed by atoms with van der Waals surface area (Å²) in [7, 11) is 0. The molecule has 1 fully saturated rings. The number of fused-ring (bicyclic) bond motifs is 2. The molecule has 0 bridgehead atoms. The van der Waals surface area contributed by atoms with Gasteiger partial charge < -0.3 is 5.73 Å². The van der Waals surface area contributed by atoms with Gasteiger partial charge in [-0.2, -0.15) is 10.2 Å². The number of pyridine rings is 1. The molecule has 3 aromatic heterocycles. The van der Waals surface area contributed by atoms with E-state index in [1.165, 1.54) is 6.07 Å². The Labute approximate surface area is 251 Å². The lowest BCUT2D eigenvalue weighted by Gasteiger charge is -2.31. The lowest BCUT2D eigenvalue weighted by molar-refractivity contribution is 0.0693. The Kier molecular flexibility index (Phi) is 8.10. The first-order chi connectivity index (χ1) is 21.1. The molecule has 2 aromatic carbocycles. The van der Waals surface area contributed by atoms with E-state index in [4.69, 9.17) is 15.8 Å². The summed E-state index contributed by atoms with van der Waals surface area (Å²) in [5, 5.41) is 10.6. The van der Waals surface area contributed by atoms with Crippen molar-refractivity contribution in [3.05, 3.63) is 77.2 Å². The highest BCUT2D eigenvalue weighted by Gasteiger charge is 2.28. The number of benzene rings is 2. The number of nitrogens with two attached hydrogens (primary N) is 1. The second-order valence-electron chi connectivity index (χ2n) is 11.8. The van der Waals surface area contributed by atoms with E-state index in [2.05, 4.69) is 5.10 Å². The van der Waals surface area contributed by atoms with Crippen LogP contribution in [0.25, 0.3) is 33.1 Å². The van der Waals surface area contributed by atoms with Crippen molar-refractivity contribution < 1.29 is 22.4 Å². The third kappa shape index (κ3) is 5.78. The Morgan fingerprint density at radius 3 is 2.48 bits per heavy atom. The van der Waals surface area contributed by atoms with Crippen molar-refractivity contribution in [2.75, 3.05) is 19.6 Å². The second-order valence-corrected chi connectivity index (χ2v) is 11.8. The van der Waals surface area contributed by atoms with E-state index < -0.39 is 24.0 Å². The van der Waals surface area contributed by atoms with Crippen LogP contribution in [-0.2, 0) is 13.0 Å². The van der Waals surface area contributed by atoms with Crippen molar-refractivity contribution in [3.63, 3.8) is 0 Å². The molecule has 0 aliphatic carbocycles. The van der Waals surface area contributed by atoms with Crippen LogP contribution < -0.4 is 5.73 Å². The highest BCUT2D eigenvalue weighted by Crippen LogP contribution is 2.37. The van der Waals surface area contributed by atoms with Gasteiger partial charge in [0.2, 0.25) is 0 Å². The number of aromatic nitrogens is 5. The molecule has 6 rings (SSSR count). The van der Waals surface area contributed by atoms with Crippen molar-refractivity contribution in [1.82, 2.24) is 29.4 Å². The first-order valence-corrected chi connectivity index (χ1v) is 14.7. The van der Waals surface area contributed by atoms with Crippen molar-refractivity contribution in [3.8, 4) is 11.1 Å². The van der Waals surface area contributed by atoms with Crippen LogP contribution in [-0.4, -0.2) is 61.4 Å². The van der Waals surface area contributed by atoms with Crippen molar-refractivity contribution >= 4 is 27.8 Å². The summed E-state index contributed by atoms with van der Waals surface area (Å²) in [6.45, 7) is 5.15. The molecule has 5 aromatic rings. The van der Waals surface area contributed by atoms with Gasteiger partial charge in [-0.3, -0.25) is 14.4 Å². The summed E-state index contributed by atoms with van der Waals surface area (Å²) in [5.41, 5.74) is 10.3. The monoisotopic (exact) mass is 607 g/mol. The van der Waals surface area contributed by atoms with Crippen LogP contribution in [0.15, 0.2) is 48.8 Å². The Balaban J connectivity index is 1.43. The molecule has 1 amide bonds.